The number of Topliss-reactive ketones (excluding diaryl/α,β-unsaturated/α-hetero) is 1. The van der Waals surface area contributed by atoms with Crippen molar-refractivity contribution in [1.29, 1.82) is 0 Å². The Morgan fingerprint density at radius 2 is 0.763 bits per heavy atom. The highest BCUT2D eigenvalue weighted by molar-refractivity contribution is 6.09. The molecule has 38 heavy (non-hydrogen) atoms. The molecule has 186 valence electrons. The Kier molecular flexibility index (Phi) is 7.14. The smallest absolute Gasteiger partial charge is 0.193 e. The van der Waals surface area contributed by atoms with Crippen molar-refractivity contribution in [3.8, 4) is 34.1 Å². The van der Waals surface area contributed by atoms with Crippen molar-refractivity contribution >= 4 is 11.6 Å². The second-order valence-corrected chi connectivity index (χ2v) is 9.05. The first-order valence-electron chi connectivity index (χ1n) is 12.3. The molecule has 0 unspecified atom stereocenters. The van der Waals surface area contributed by atoms with Crippen LogP contribution in [0.5, 0.6) is 23.0 Å². The quantitative estimate of drug-likeness (QED) is 0.201. The summed E-state index contributed by atoms with van der Waals surface area (Å²) in [5, 5.41) is 0. The van der Waals surface area contributed by atoms with Gasteiger partial charge in [0.2, 0.25) is 0 Å². The van der Waals surface area contributed by atoms with Crippen LogP contribution in [0.15, 0.2) is 121 Å². The van der Waals surface area contributed by atoms with Crippen molar-refractivity contribution < 1.29 is 19.1 Å². The lowest BCUT2D eigenvalue weighted by Crippen LogP contribution is -2.01. The lowest BCUT2D eigenvalue weighted by molar-refractivity contribution is 0.101. The highest BCUT2D eigenvalue weighted by Gasteiger charge is 2.10. The first-order valence-corrected chi connectivity index (χ1v) is 12.3. The van der Waals surface area contributed by atoms with E-state index in [9.17, 15) is 9.59 Å². The molecule has 0 N–H and O–H groups in total. The van der Waals surface area contributed by atoms with E-state index in [1.54, 1.807) is 31.2 Å². The van der Waals surface area contributed by atoms with Gasteiger partial charge in [0.05, 0.1) is 0 Å². The topological polar surface area (TPSA) is 52.6 Å². The van der Waals surface area contributed by atoms with Gasteiger partial charge in [0.1, 0.15) is 23.0 Å². The normalized spacial score (nSPS) is 10.6. The molecule has 5 aromatic rings. The summed E-state index contributed by atoms with van der Waals surface area (Å²) in [5.74, 6) is 2.79. The van der Waals surface area contributed by atoms with Crippen LogP contribution in [0.1, 0.15) is 38.8 Å². The molecule has 0 atom stereocenters. The Labute approximate surface area is 222 Å². The van der Waals surface area contributed by atoms with Gasteiger partial charge in [-0.15, -0.1) is 0 Å². The predicted octanol–water partition coefficient (Wildman–Crippen LogP) is 8.68. The lowest BCUT2D eigenvalue weighted by atomic mass is 9.98. The van der Waals surface area contributed by atoms with Gasteiger partial charge >= 0.3 is 0 Å². The fraction of sp³-hybridized carbons (Fsp3) is 0.0588. The maximum atomic E-state index is 13.0. The molecule has 0 aliphatic heterocycles. The van der Waals surface area contributed by atoms with E-state index in [0.717, 1.165) is 22.6 Å². The molecule has 0 radical (unpaired) electrons. The van der Waals surface area contributed by atoms with Gasteiger partial charge < -0.3 is 9.47 Å². The van der Waals surface area contributed by atoms with Gasteiger partial charge in [-0.05, 0) is 85.6 Å². The number of benzene rings is 5. The van der Waals surface area contributed by atoms with Gasteiger partial charge in [-0.1, -0.05) is 66.2 Å². The summed E-state index contributed by atoms with van der Waals surface area (Å²) < 4.78 is 11.8. The third kappa shape index (κ3) is 5.88. The Balaban J connectivity index is 1.21. The molecule has 0 aliphatic rings. The minimum Gasteiger partial charge on any atom is -0.457 e. The largest absolute Gasteiger partial charge is 0.457 e. The van der Waals surface area contributed by atoms with E-state index < -0.39 is 0 Å². The summed E-state index contributed by atoms with van der Waals surface area (Å²) in [4.78, 5) is 24.5. The summed E-state index contributed by atoms with van der Waals surface area (Å²) in [7, 11) is 0. The first-order chi connectivity index (χ1) is 18.4. The molecule has 4 heteroatoms. The fourth-order valence-corrected chi connectivity index (χ4v) is 4.01. The van der Waals surface area contributed by atoms with Crippen molar-refractivity contribution in [2.24, 2.45) is 0 Å². The average molecular weight is 499 g/mol. The average Bonchev–Trinajstić information content (AvgIpc) is 2.95. The van der Waals surface area contributed by atoms with Crippen LogP contribution in [0.3, 0.4) is 0 Å². The number of hydrogen-bond acceptors (Lipinski definition) is 4. The number of rotatable bonds is 8. The first kappa shape index (κ1) is 24.7. The predicted molar refractivity (Wildman–Crippen MR) is 150 cm³/mol. The van der Waals surface area contributed by atoms with E-state index in [0.29, 0.717) is 28.2 Å². The van der Waals surface area contributed by atoms with E-state index >= 15 is 0 Å². The van der Waals surface area contributed by atoms with Crippen molar-refractivity contribution in [2.45, 2.75) is 13.8 Å². The molecule has 0 aromatic heterocycles. The molecular formula is C34H26O4. The SMILES string of the molecule is CC(=O)c1ccc(-c2ccc(C(=O)c3ccc(Oc4ccc(Oc5ccc(C)cc5)cc4)cc3)cc2)cc1. The zero-order valence-corrected chi connectivity index (χ0v) is 21.2. The molecular weight excluding hydrogens is 472 g/mol. The molecule has 0 heterocycles. The standard InChI is InChI=1S/C34H26O4/c1-23-3-15-30(16-4-23)37-32-19-21-33(22-20-32)38-31-17-13-29(14-18-31)34(36)28-11-9-27(10-12-28)26-7-5-25(6-8-26)24(2)35/h3-22H,1-2H3. The molecule has 0 saturated carbocycles. The Bertz CT molecular complexity index is 1550. The second-order valence-electron chi connectivity index (χ2n) is 9.05. The van der Waals surface area contributed by atoms with Crippen LogP contribution in [0.25, 0.3) is 11.1 Å². The molecule has 0 aliphatic carbocycles. The van der Waals surface area contributed by atoms with Crippen LogP contribution < -0.4 is 9.47 Å². The number of carbonyl (C=O) groups is 2. The van der Waals surface area contributed by atoms with Gasteiger partial charge in [0.15, 0.2) is 11.6 Å². The van der Waals surface area contributed by atoms with Gasteiger partial charge in [0.25, 0.3) is 0 Å². The number of ether oxygens (including phenoxy) is 2. The van der Waals surface area contributed by atoms with Gasteiger partial charge in [-0.3, -0.25) is 9.59 Å². The number of ketones is 2. The number of carbonyl (C=O) groups excluding carboxylic acids is 2. The number of hydrogen-bond donors (Lipinski definition) is 0. The summed E-state index contributed by atoms with van der Waals surface area (Å²) in [6, 6.07) is 37.3. The molecule has 0 saturated heterocycles. The summed E-state index contributed by atoms with van der Waals surface area (Å²) >= 11 is 0. The zero-order valence-electron chi connectivity index (χ0n) is 21.2. The van der Waals surface area contributed by atoms with Gasteiger partial charge in [-0.2, -0.15) is 0 Å². The van der Waals surface area contributed by atoms with E-state index in [2.05, 4.69) is 0 Å². The van der Waals surface area contributed by atoms with Crippen molar-refractivity contribution in [2.75, 3.05) is 0 Å². The highest BCUT2D eigenvalue weighted by atomic mass is 16.5. The lowest BCUT2D eigenvalue weighted by Gasteiger charge is -2.09. The van der Waals surface area contributed by atoms with Gasteiger partial charge in [-0.25, -0.2) is 0 Å². The summed E-state index contributed by atoms with van der Waals surface area (Å²) in [5.41, 5.74) is 5.02. The van der Waals surface area contributed by atoms with Crippen LogP contribution in [0.2, 0.25) is 0 Å². The fourth-order valence-electron chi connectivity index (χ4n) is 4.01. The third-order valence-electron chi connectivity index (χ3n) is 6.20. The molecule has 0 amide bonds. The zero-order chi connectivity index (χ0) is 26.5. The monoisotopic (exact) mass is 498 g/mol. The van der Waals surface area contributed by atoms with E-state index in [4.69, 9.17) is 9.47 Å². The minimum absolute atomic E-state index is 0.0373. The summed E-state index contributed by atoms with van der Waals surface area (Å²) in [6.07, 6.45) is 0. The van der Waals surface area contributed by atoms with Crippen LogP contribution in [0.4, 0.5) is 0 Å². The van der Waals surface area contributed by atoms with E-state index in [1.165, 1.54) is 5.56 Å². The van der Waals surface area contributed by atoms with Crippen LogP contribution in [-0.2, 0) is 0 Å². The van der Waals surface area contributed by atoms with Crippen LogP contribution in [-0.4, -0.2) is 11.6 Å². The molecule has 0 fully saturated rings. The van der Waals surface area contributed by atoms with Crippen LogP contribution in [0, 0.1) is 6.92 Å². The molecule has 5 rings (SSSR count). The second kappa shape index (κ2) is 11.0. The third-order valence-corrected chi connectivity index (χ3v) is 6.20. The maximum Gasteiger partial charge on any atom is 0.193 e. The van der Waals surface area contributed by atoms with Gasteiger partial charge in [0, 0.05) is 16.7 Å². The Morgan fingerprint density at radius 1 is 0.447 bits per heavy atom. The van der Waals surface area contributed by atoms with Crippen LogP contribution >= 0.6 is 0 Å². The molecule has 0 spiro atoms. The maximum absolute atomic E-state index is 13.0. The van der Waals surface area contributed by atoms with Crippen molar-refractivity contribution in [3.05, 3.63) is 144 Å². The Hall–Kier alpha value is -4.96. The number of aryl methyl sites for hydroxylation is 1. The minimum atomic E-state index is -0.0624. The Morgan fingerprint density at radius 3 is 1.16 bits per heavy atom. The molecule has 0 bridgehead atoms. The highest BCUT2D eigenvalue weighted by Crippen LogP contribution is 2.28. The van der Waals surface area contributed by atoms with E-state index in [-0.39, 0.29) is 11.6 Å². The molecule has 5 aromatic carbocycles. The molecule has 4 nitrogen and oxygen atoms in total. The summed E-state index contributed by atoms with van der Waals surface area (Å²) in [6.45, 7) is 3.59. The van der Waals surface area contributed by atoms with Crippen molar-refractivity contribution in [1.82, 2.24) is 0 Å². The van der Waals surface area contributed by atoms with E-state index in [1.807, 2.05) is 104 Å². The van der Waals surface area contributed by atoms with Crippen molar-refractivity contribution in [3.63, 3.8) is 0 Å².